The monoisotopic (exact) mass is 541 g/mol. The van der Waals surface area contributed by atoms with Gasteiger partial charge in [0.05, 0.1) is 18.9 Å². The van der Waals surface area contributed by atoms with Gasteiger partial charge in [-0.1, -0.05) is 17.7 Å². The number of nitrogens with one attached hydrogen (secondary N) is 1. The lowest BCUT2D eigenvalue weighted by Crippen LogP contribution is -2.51. The lowest BCUT2D eigenvalue weighted by Gasteiger charge is -2.34. The summed E-state index contributed by atoms with van der Waals surface area (Å²) in [4.78, 5) is 40.5. The largest absolute Gasteiger partial charge is 0.495 e. The molecule has 0 spiro atoms. The molecule has 1 aromatic heterocycles. The summed E-state index contributed by atoms with van der Waals surface area (Å²) in [5, 5.41) is 0. The Bertz CT molecular complexity index is 1410. The van der Waals surface area contributed by atoms with E-state index in [0.29, 0.717) is 18.8 Å². The molecule has 0 atom stereocenters. The molecule has 1 N–H and O–H groups in total. The summed E-state index contributed by atoms with van der Waals surface area (Å²) in [6.07, 6.45) is 1.42. The zero-order chi connectivity index (χ0) is 27.3. The number of sulfonamides is 1. The fraction of sp³-hybridized carbons (Fsp3) is 0.269. The van der Waals surface area contributed by atoms with Crippen molar-refractivity contribution in [3.05, 3.63) is 77.7 Å². The number of methoxy groups -OCH3 is 1. The van der Waals surface area contributed by atoms with Gasteiger partial charge in [0.1, 0.15) is 10.6 Å². The van der Waals surface area contributed by atoms with Crippen LogP contribution in [0, 0.1) is 6.92 Å². The Hall–Kier alpha value is -4.32. The van der Waals surface area contributed by atoms with E-state index in [-0.39, 0.29) is 41.0 Å². The number of benzene rings is 2. The third-order valence-corrected chi connectivity index (χ3v) is 7.37. The molecule has 0 radical (unpaired) electrons. The number of aryl methyl sites for hydroxylation is 1. The second-order valence-corrected chi connectivity index (χ2v) is 10.2. The molecule has 4 rings (SSSR count). The number of piperazine rings is 1. The molecule has 12 heteroatoms. The normalized spacial score (nSPS) is 13.6. The number of hydrogen-bond acceptors (Lipinski definition) is 8. The smallest absolute Gasteiger partial charge is 0.338 e. The maximum atomic E-state index is 13.0. The lowest BCUT2D eigenvalue weighted by atomic mass is 10.2. The minimum absolute atomic E-state index is 0.0409. The Balaban J connectivity index is 1.36. The first-order chi connectivity index (χ1) is 18.2. The SMILES string of the molecule is COc1ccc(C(=O)OCC(=O)N2CCN(C(=O)c3ccco3)CC2)cc1S(=O)(=O)Nc1ccc(C)cc1. The van der Waals surface area contributed by atoms with Crippen molar-refractivity contribution < 1.29 is 36.7 Å². The Morgan fingerprint density at radius 2 is 1.66 bits per heavy atom. The molecule has 0 aliphatic carbocycles. The first-order valence-electron chi connectivity index (χ1n) is 11.7. The molecule has 2 aromatic carbocycles. The van der Waals surface area contributed by atoms with Gasteiger partial charge in [-0.2, -0.15) is 0 Å². The molecule has 1 aliphatic heterocycles. The fourth-order valence-corrected chi connectivity index (χ4v) is 5.12. The minimum atomic E-state index is -4.10. The number of furan rings is 1. The number of nitrogens with zero attached hydrogens (tertiary/aromatic N) is 2. The van der Waals surface area contributed by atoms with E-state index in [1.54, 1.807) is 41.3 Å². The fourth-order valence-electron chi connectivity index (χ4n) is 3.86. The third kappa shape index (κ3) is 6.14. The maximum Gasteiger partial charge on any atom is 0.338 e. The Labute approximate surface area is 220 Å². The van der Waals surface area contributed by atoms with Crippen LogP contribution < -0.4 is 9.46 Å². The van der Waals surface area contributed by atoms with Gasteiger partial charge in [0.25, 0.3) is 21.8 Å². The number of carbonyl (C=O) groups is 3. The molecule has 1 saturated heterocycles. The molecule has 2 heterocycles. The highest BCUT2D eigenvalue weighted by Crippen LogP contribution is 2.27. The van der Waals surface area contributed by atoms with Gasteiger partial charge in [-0.3, -0.25) is 14.3 Å². The molecule has 1 aliphatic rings. The van der Waals surface area contributed by atoms with Gasteiger partial charge in [0, 0.05) is 31.9 Å². The van der Waals surface area contributed by atoms with Crippen molar-refractivity contribution in [3.63, 3.8) is 0 Å². The molecule has 0 bridgehead atoms. The highest BCUT2D eigenvalue weighted by molar-refractivity contribution is 7.92. The number of amides is 2. The summed E-state index contributed by atoms with van der Waals surface area (Å²) in [5.74, 6) is -1.27. The Morgan fingerprint density at radius 3 is 2.29 bits per heavy atom. The lowest BCUT2D eigenvalue weighted by molar-refractivity contribution is -0.136. The molecule has 200 valence electrons. The highest BCUT2D eigenvalue weighted by Gasteiger charge is 2.27. The zero-order valence-corrected chi connectivity index (χ0v) is 21.7. The van der Waals surface area contributed by atoms with Crippen molar-refractivity contribution in [2.75, 3.05) is 44.6 Å². The van der Waals surface area contributed by atoms with Crippen molar-refractivity contribution >= 4 is 33.5 Å². The van der Waals surface area contributed by atoms with E-state index in [1.807, 2.05) is 6.92 Å². The van der Waals surface area contributed by atoms with Crippen LogP contribution in [0.2, 0.25) is 0 Å². The topological polar surface area (TPSA) is 135 Å². The average molecular weight is 542 g/mol. The Kier molecular flexibility index (Phi) is 8.01. The van der Waals surface area contributed by atoms with Crippen LogP contribution in [0.4, 0.5) is 5.69 Å². The molecule has 0 unspecified atom stereocenters. The van der Waals surface area contributed by atoms with Crippen LogP contribution >= 0.6 is 0 Å². The summed E-state index contributed by atoms with van der Waals surface area (Å²) in [6, 6.07) is 13.8. The van der Waals surface area contributed by atoms with Gasteiger partial charge >= 0.3 is 5.97 Å². The molecule has 38 heavy (non-hydrogen) atoms. The summed E-state index contributed by atoms with van der Waals surface area (Å²) >= 11 is 0. The molecular formula is C26H27N3O8S. The summed E-state index contributed by atoms with van der Waals surface area (Å²) in [7, 11) is -2.78. The van der Waals surface area contributed by atoms with E-state index in [0.717, 1.165) is 11.6 Å². The van der Waals surface area contributed by atoms with Crippen LogP contribution in [-0.4, -0.2) is 75.9 Å². The van der Waals surface area contributed by atoms with Crippen LogP contribution in [0.3, 0.4) is 0 Å². The van der Waals surface area contributed by atoms with Gasteiger partial charge in [-0.15, -0.1) is 0 Å². The minimum Gasteiger partial charge on any atom is -0.495 e. The van der Waals surface area contributed by atoms with Gasteiger partial charge in [-0.25, -0.2) is 13.2 Å². The van der Waals surface area contributed by atoms with Crippen LogP contribution in [0.5, 0.6) is 5.75 Å². The van der Waals surface area contributed by atoms with Crippen LogP contribution in [0.1, 0.15) is 26.5 Å². The molecule has 2 amide bonds. The zero-order valence-electron chi connectivity index (χ0n) is 20.9. The molecule has 3 aromatic rings. The van der Waals surface area contributed by atoms with E-state index in [4.69, 9.17) is 13.9 Å². The van der Waals surface area contributed by atoms with Crippen LogP contribution in [0.25, 0.3) is 0 Å². The summed E-state index contributed by atoms with van der Waals surface area (Å²) < 4.78 is 44.0. The van der Waals surface area contributed by atoms with Crippen molar-refractivity contribution in [2.45, 2.75) is 11.8 Å². The molecule has 1 fully saturated rings. The predicted octanol–water partition coefficient (Wildman–Crippen LogP) is 2.54. The van der Waals surface area contributed by atoms with E-state index in [2.05, 4.69) is 4.72 Å². The number of carbonyl (C=O) groups excluding carboxylic acids is 3. The number of hydrogen-bond donors (Lipinski definition) is 1. The molecular weight excluding hydrogens is 514 g/mol. The summed E-state index contributed by atoms with van der Waals surface area (Å²) in [6.45, 7) is 2.53. The second-order valence-electron chi connectivity index (χ2n) is 8.56. The number of esters is 1. The average Bonchev–Trinajstić information content (AvgIpc) is 3.47. The maximum absolute atomic E-state index is 13.0. The predicted molar refractivity (Wildman–Crippen MR) is 136 cm³/mol. The van der Waals surface area contributed by atoms with E-state index >= 15 is 0 Å². The first kappa shape index (κ1) is 26.7. The number of anilines is 1. The van der Waals surface area contributed by atoms with Gasteiger partial charge in [-0.05, 0) is 49.4 Å². The number of ether oxygens (including phenoxy) is 2. The van der Waals surface area contributed by atoms with Crippen molar-refractivity contribution in [2.24, 2.45) is 0 Å². The van der Waals surface area contributed by atoms with Gasteiger partial charge in [0.15, 0.2) is 12.4 Å². The van der Waals surface area contributed by atoms with E-state index in [9.17, 15) is 22.8 Å². The van der Waals surface area contributed by atoms with Gasteiger partial charge < -0.3 is 23.7 Å². The quantitative estimate of drug-likeness (QED) is 0.430. The third-order valence-electron chi connectivity index (χ3n) is 5.97. The molecule has 11 nitrogen and oxygen atoms in total. The van der Waals surface area contributed by atoms with Crippen LogP contribution in [0.15, 0.2) is 70.2 Å². The van der Waals surface area contributed by atoms with E-state index < -0.39 is 28.5 Å². The van der Waals surface area contributed by atoms with E-state index in [1.165, 1.54) is 30.4 Å². The number of rotatable bonds is 8. The summed E-state index contributed by atoms with van der Waals surface area (Å²) in [5.41, 5.74) is 1.26. The van der Waals surface area contributed by atoms with Crippen molar-refractivity contribution in [1.82, 2.24) is 9.80 Å². The van der Waals surface area contributed by atoms with Gasteiger partial charge in [0.2, 0.25) is 0 Å². The highest BCUT2D eigenvalue weighted by atomic mass is 32.2. The first-order valence-corrected chi connectivity index (χ1v) is 13.2. The standard InChI is InChI=1S/C26H27N3O8S/c1-18-5-8-20(9-6-18)27-38(33,34)23-16-19(7-10-21(23)35-2)26(32)37-17-24(30)28-11-13-29(14-12-28)25(31)22-4-3-15-36-22/h3-10,15-16,27H,11-14,17H2,1-2H3. The molecule has 0 saturated carbocycles. The Morgan fingerprint density at radius 1 is 0.974 bits per heavy atom. The van der Waals surface area contributed by atoms with Crippen LogP contribution in [-0.2, 0) is 19.6 Å². The van der Waals surface area contributed by atoms with Crippen molar-refractivity contribution in [3.8, 4) is 5.75 Å². The van der Waals surface area contributed by atoms with Crippen molar-refractivity contribution in [1.29, 1.82) is 0 Å². The second kappa shape index (κ2) is 11.4.